The zero-order valence-corrected chi connectivity index (χ0v) is 9.75. The summed E-state index contributed by atoms with van der Waals surface area (Å²) in [6.45, 7) is 0. The van der Waals surface area contributed by atoms with E-state index in [0.29, 0.717) is 10.4 Å². The van der Waals surface area contributed by atoms with Gasteiger partial charge in [-0.05, 0) is 25.7 Å². The Labute approximate surface area is 101 Å². The zero-order valence-electron chi connectivity index (χ0n) is 8.93. The van der Waals surface area contributed by atoms with E-state index in [4.69, 9.17) is 17.3 Å². The van der Waals surface area contributed by atoms with Crippen molar-refractivity contribution in [1.29, 1.82) is 0 Å². The molecule has 0 aliphatic heterocycles. The number of hydrogen-bond donors (Lipinski definition) is 2. The Balaban J connectivity index is 2.33. The zero-order chi connectivity index (χ0) is 12.0. The molecule has 1 aliphatic rings. The van der Waals surface area contributed by atoms with Crippen molar-refractivity contribution in [2.24, 2.45) is 0 Å². The summed E-state index contributed by atoms with van der Waals surface area (Å²) in [6, 6.07) is 0. The number of nitrogens with one attached hydrogen (secondary N) is 1. The van der Waals surface area contributed by atoms with Crippen LogP contribution in [0.4, 0.5) is 0 Å². The second-order valence-corrected chi connectivity index (χ2v) is 4.45. The predicted octanol–water partition coefficient (Wildman–Crippen LogP) is 1.36. The van der Waals surface area contributed by atoms with Crippen LogP contribution in [0.2, 0.25) is 0 Å². The summed E-state index contributed by atoms with van der Waals surface area (Å²) >= 11 is 5.34. The number of hydrogen-bond acceptors (Lipinski definition) is 4. The first-order valence-electron chi connectivity index (χ1n) is 5.40. The molecule has 2 aromatic rings. The van der Waals surface area contributed by atoms with Crippen molar-refractivity contribution in [3.63, 3.8) is 0 Å². The number of rotatable bonds is 1. The number of aromatic amines is 1. The Morgan fingerprint density at radius 1 is 1.35 bits per heavy atom. The number of fused-ring (bicyclic) bond motifs is 2. The van der Waals surface area contributed by atoms with Crippen molar-refractivity contribution in [3.8, 4) is 0 Å². The summed E-state index contributed by atoms with van der Waals surface area (Å²) in [5.74, 6) is -0.901. The van der Waals surface area contributed by atoms with Crippen molar-refractivity contribution in [2.75, 3.05) is 0 Å². The van der Waals surface area contributed by atoms with Gasteiger partial charge in [-0.1, -0.05) is 12.2 Å². The molecule has 0 bridgehead atoms. The average molecular weight is 250 g/mol. The lowest BCUT2D eigenvalue weighted by Crippen LogP contribution is -2.10. The summed E-state index contributed by atoms with van der Waals surface area (Å²) in [4.78, 5) is 19.1. The molecular weight excluding hydrogens is 240 g/mol. The van der Waals surface area contributed by atoms with Crippen molar-refractivity contribution in [2.45, 2.75) is 25.7 Å². The monoisotopic (exact) mass is 250 g/mol. The first kappa shape index (κ1) is 10.4. The first-order valence-corrected chi connectivity index (χ1v) is 5.81. The molecule has 0 unspecified atom stereocenters. The van der Waals surface area contributed by atoms with Gasteiger partial charge >= 0.3 is 5.97 Å². The Morgan fingerprint density at radius 3 is 2.88 bits per heavy atom. The molecule has 88 valence electrons. The highest BCUT2D eigenvalue weighted by Crippen LogP contribution is 2.21. The molecule has 2 N–H and O–H groups in total. The molecule has 3 rings (SSSR count). The molecule has 0 aromatic carbocycles. The number of aromatic carboxylic acids is 1. The largest absolute Gasteiger partial charge is 0.475 e. The minimum Gasteiger partial charge on any atom is -0.475 e. The molecule has 2 aromatic heterocycles. The minimum atomic E-state index is -1.11. The van der Waals surface area contributed by atoms with E-state index in [2.05, 4.69) is 15.1 Å². The maximum Gasteiger partial charge on any atom is 0.373 e. The number of carbonyl (C=O) groups is 1. The Morgan fingerprint density at radius 2 is 2.12 bits per heavy atom. The summed E-state index contributed by atoms with van der Waals surface area (Å²) in [5, 5.41) is 11.5. The van der Waals surface area contributed by atoms with Crippen LogP contribution in [0.15, 0.2) is 0 Å². The number of carboxylic acids is 1. The van der Waals surface area contributed by atoms with E-state index in [9.17, 15) is 4.79 Å². The standard InChI is InChI=1S/C10H10N4O2S/c15-9(16)7-12-10-11-6-4-2-1-3-5(6)8(17)14(10)13-7/h1-4H2,(H,15,16)(H,11,12,13). The highest BCUT2D eigenvalue weighted by Gasteiger charge is 2.17. The Kier molecular flexibility index (Phi) is 2.22. The molecule has 0 fully saturated rings. The molecule has 0 spiro atoms. The molecule has 0 amide bonds. The lowest BCUT2D eigenvalue weighted by Gasteiger charge is -2.14. The fourth-order valence-electron chi connectivity index (χ4n) is 2.14. The average Bonchev–Trinajstić information content (AvgIpc) is 2.74. The number of aryl methyl sites for hydroxylation is 1. The van der Waals surface area contributed by atoms with E-state index in [1.807, 2.05) is 0 Å². The summed E-state index contributed by atoms with van der Waals surface area (Å²) in [6.07, 6.45) is 4.00. The predicted molar refractivity (Wildman–Crippen MR) is 61.8 cm³/mol. The van der Waals surface area contributed by atoms with Gasteiger partial charge in [-0.3, -0.25) is 5.10 Å². The number of aromatic nitrogens is 4. The van der Waals surface area contributed by atoms with Gasteiger partial charge in [-0.2, -0.15) is 4.98 Å². The normalized spacial score (nSPS) is 14.8. The van der Waals surface area contributed by atoms with Crippen molar-refractivity contribution >= 4 is 24.0 Å². The second kappa shape index (κ2) is 3.63. The van der Waals surface area contributed by atoms with Crippen LogP contribution in [-0.4, -0.2) is 30.7 Å². The van der Waals surface area contributed by atoms with E-state index in [1.54, 1.807) is 0 Å². The minimum absolute atomic E-state index is 0.133. The molecule has 1 aliphatic carbocycles. The molecule has 0 atom stereocenters. The van der Waals surface area contributed by atoms with Crippen molar-refractivity contribution < 1.29 is 9.90 Å². The van der Waals surface area contributed by atoms with Gasteiger partial charge in [0.1, 0.15) is 4.64 Å². The third-order valence-corrected chi connectivity index (χ3v) is 3.40. The molecule has 6 nitrogen and oxygen atoms in total. The van der Waals surface area contributed by atoms with Gasteiger partial charge in [-0.15, -0.1) is 0 Å². The van der Waals surface area contributed by atoms with Crippen LogP contribution >= 0.6 is 12.2 Å². The Hall–Kier alpha value is -1.76. The van der Waals surface area contributed by atoms with Crippen LogP contribution in [0.1, 0.15) is 34.7 Å². The summed E-state index contributed by atoms with van der Waals surface area (Å²) < 4.78 is 2.08. The quantitative estimate of drug-likeness (QED) is 0.747. The smallest absolute Gasteiger partial charge is 0.373 e. The maximum absolute atomic E-state index is 10.8. The van der Waals surface area contributed by atoms with Gasteiger partial charge in [0.2, 0.25) is 5.82 Å². The molecule has 0 radical (unpaired) electrons. The molecule has 7 heteroatoms. The van der Waals surface area contributed by atoms with Crippen molar-refractivity contribution in [3.05, 3.63) is 21.7 Å². The first-order chi connectivity index (χ1) is 8.16. The van der Waals surface area contributed by atoms with E-state index in [-0.39, 0.29) is 5.82 Å². The second-order valence-electron chi connectivity index (χ2n) is 4.06. The van der Waals surface area contributed by atoms with Gasteiger partial charge in [0.15, 0.2) is 0 Å². The van der Waals surface area contributed by atoms with E-state index in [1.165, 1.54) is 4.52 Å². The fraction of sp³-hybridized carbons (Fsp3) is 0.400. The third kappa shape index (κ3) is 1.54. The SMILES string of the molecule is O=C(O)c1nc2nc3c(c(=S)n2[nH]1)CCCC3. The molecule has 0 saturated carbocycles. The fourth-order valence-corrected chi connectivity index (χ4v) is 2.49. The van der Waals surface area contributed by atoms with E-state index >= 15 is 0 Å². The lowest BCUT2D eigenvalue weighted by molar-refractivity contribution is 0.0684. The molecule has 2 heterocycles. The van der Waals surface area contributed by atoms with Crippen LogP contribution < -0.4 is 0 Å². The number of nitrogens with zero attached hydrogens (tertiary/aromatic N) is 3. The van der Waals surface area contributed by atoms with Gasteiger partial charge < -0.3 is 5.11 Å². The van der Waals surface area contributed by atoms with Gasteiger partial charge in [0.05, 0.1) is 5.69 Å². The van der Waals surface area contributed by atoms with Gasteiger partial charge in [-0.25, -0.2) is 14.3 Å². The van der Waals surface area contributed by atoms with Crippen LogP contribution in [0.25, 0.3) is 5.78 Å². The topological polar surface area (TPSA) is 83.3 Å². The third-order valence-electron chi connectivity index (χ3n) is 2.97. The number of carboxylic acid groups (broad SMARTS) is 1. The Bertz CT molecular complexity index is 673. The van der Waals surface area contributed by atoms with Crippen molar-refractivity contribution in [1.82, 2.24) is 19.6 Å². The van der Waals surface area contributed by atoms with Gasteiger partial charge in [0, 0.05) is 5.56 Å². The highest BCUT2D eigenvalue weighted by molar-refractivity contribution is 7.71. The molecule has 17 heavy (non-hydrogen) atoms. The van der Waals surface area contributed by atoms with Gasteiger partial charge in [0.25, 0.3) is 5.78 Å². The highest BCUT2D eigenvalue weighted by atomic mass is 32.1. The maximum atomic E-state index is 10.8. The van der Waals surface area contributed by atoms with Crippen LogP contribution in [0, 0.1) is 4.64 Å². The molecule has 0 saturated heterocycles. The van der Waals surface area contributed by atoms with Crippen LogP contribution in [-0.2, 0) is 12.8 Å². The summed E-state index contributed by atoms with van der Waals surface area (Å²) in [7, 11) is 0. The van der Waals surface area contributed by atoms with E-state index in [0.717, 1.165) is 36.9 Å². The molecular formula is C10H10N4O2S. The van der Waals surface area contributed by atoms with Crippen LogP contribution in [0.5, 0.6) is 0 Å². The van der Waals surface area contributed by atoms with Crippen LogP contribution in [0.3, 0.4) is 0 Å². The lowest BCUT2D eigenvalue weighted by atomic mass is 9.98. The summed E-state index contributed by atoms with van der Waals surface area (Å²) in [5.41, 5.74) is 2.01. The van der Waals surface area contributed by atoms with E-state index < -0.39 is 5.97 Å². The number of H-pyrrole nitrogens is 1.